The van der Waals surface area contributed by atoms with Gasteiger partial charge in [0, 0.05) is 12.2 Å². The molecule has 0 fully saturated rings. The molecular formula is C15H18F2N2O2S2. The Balaban J connectivity index is 2.07. The molecule has 0 saturated heterocycles. The molecule has 0 aliphatic heterocycles. The third-order valence-corrected chi connectivity index (χ3v) is 5.57. The number of rotatable bonds is 7. The minimum absolute atomic E-state index is 0.158. The maximum atomic E-state index is 12.5. The number of hydrogen-bond donors (Lipinski definition) is 1. The van der Waals surface area contributed by atoms with Crippen LogP contribution >= 0.6 is 11.3 Å². The van der Waals surface area contributed by atoms with E-state index in [4.69, 9.17) is 0 Å². The second-order valence-corrected chi connectivity index (χ2v) is 7.94. The van der Waals surface area contributed by atoms with Gasteiger partial charge in [-0.1, -0.05) is 0 Å². The molecule has 1 aromatic heterocycles. The van der Waals surface area contributed by atoms with Gasteiger partial charge in [-0.05, 0) is 60.8 Å². The predicted molar refractivity (Wildman–Crippen MR) is 88.9 cm³/mol. The van der Waals surface area contributed by atoms with E-state index in [0.29, 0.717) is 12.2 Å². The summed E-state index contributed by atoms with van der Waals surface area (Å²) in [6.45, 7) is 0.616. The van der Waals surface area contributed by atoms with Gasteiger partial charge >= 0.3 is 5.76 Å². The number of anilines is 1. The smallest absolute Gasteiger partial charge is 0.341 e. The average molecular weight is 360 g/mol. The molecule has 4 nitrogen and oxygen atoms in total. The van der Waals surface area contributed by atoms with Gasteiger partial charge < -0.3 is 10.2 Å². The summed E-state index contributed by atoms with van der Waals surface area (Å²) in [4.78, 5) is 1.70. The Bertz CT molecular complexity index is 714. The van der Waals surface area contributed by atoms with E-state index in [1.807, 2.05) is 19.5 Å². The molecule has 1 atom stereocenters. The Morgan fingerprint density at radius 1 is 1.17 bits per heavy atom. The number of likely N-dealkylation sites (N-methyl/N-ethyl adjacent to an activating group) is 1. The molecule has 0 spiro atoms. The van der Waals surface area contributed by atoms with Crippen molar-refractivity contribution in [3.8, 4) is 0 Å². The van der Waals surface area contributed by atoms with Crippen LogP contribution in [0.15, 0.2) is 46.0 Å². The molecule has 0 unspecified atom stereocenters. The molecule has 2 aromatic rings. The lowest BCUT2D eigenvalue weighted by molar-refractivity contribution is 0.234. The Labute approximate surface area is 138 Å². The van der Waals surface area contributed by atoms with Crippen LogP contribution in [0.3, 0.4) is 0 Å². The van der Waals surface area contributed by atoms with Gasteiger partial charge in [-0.2, -0.15) is 20.1 Å². The van der Waals surface area contributed by atoms with Crippen molar-refractivity contribution < 1.29 is 17.2 Å². The number of thiophene rings is 1. The van der Waals surface area contributed by atoms with Crippen molar-refractivity contribution in [1.82, 2.24) is 4.90 Å². The average Bonchev–Trinajstić information content (AvgIpc) is 3.01. The molecule has 23 heavy (non-hydrogen) atoms. The van der Waals surface area contributed by atoms with Gasteiger partial charge in [-0.25, -0.2) is 8.42 Å². The topological polar surface area (TPSA) is 49.4 Å². The van der Waals surface area contributed by atoms with E-state index >= 15 is 0 Å². The van der Waals surface area contributed by atoms with Crippen LogP contribution in [0, 0.1) is 0 Å². The van der Waals surface area contributed by atoms with Crippen molar-refractivity contribution >= 4 is 26.9 Å². The fourth-order valence-electron chi connectivity index (χ4n) is 2.14. The van der Waals surface area contributed by atoms with E-state index in [1.54, 1.807) is 11.3 Å². The lowest BCUT2D eigenvalue weighted by atomic mass is 10.1. The monoisotopic (exact) mass is 360 g/mol. The van der Waals surface area contributed by atoms with Crippen LogP contribution in [0.25, 0.3) is 0 Å². The van der Waals surface area contributed by atoms with E-state index in [9.17, 15) is 17.2 Å². The van der Waals surface area contributed by atoms with Gasteiger partial charge in [0.05, 0.1) is 10.9 Å². The van der Waals surface area contributed by atoms with Gasteiger partial charge in [0.1, 0.15) is 0 Å². The summed E-state index contributed by atoms with van der Waals surface area (Å²) in [6.07, 6.45) is 0. The molecule has 2 rings (SSSR count). The maximum absolute atomic E-state index is 12.5. The van der Waals surface area contributed by atoms with Crippen LogP contribution in [-0.4, -0.2) is 39.7 Å². The van der Waals surface area contributed by atoms with Crippen molar-refractivity contribution in [1.29, 1.82) is 0 Å². The van der Waals surface area contributed by atoms with Gasteiger partial charge in [-0.3, -0.25) is 0 Å². The van der Waals surface area contributed by atoms with Crippen LogP contribution in [-0.2, 0) is 9.84 Å². The number of nitrogens with zero attached hydrogens (tertiary/aromatic N) is 1. The van der Waals surface area contributed by atoms with Crippen molar-refractivity contribution in [2.75, 3.05) is 26.0 Å². The number of hydrogen-bond acceptors (Lipinski definition) is 5. The van der Waals surface area contributed by atoms with Crippen LogP contribution in [0.2, 0.25) is 0 Å². The molecule has 0 aliphatic rings. The van der Waals surface area contributed by atoms with Gasteiger partial charge in [0.2, 0.25) is 9.84 Å². The maximum Gasteiger partial charge on any atom is 0.341 e. The van der Waals surface area contributed by atoms with E-state index in [2.05, 4.69) is 21.7 Å². The molecule has 8 heteroatoms. The highest BCUT2D eigenvalue weighted by Gasteiger charge is 2.26. The predicted octanol–water partition coefficient (Wildman–Crippen LogP) is 3.46. The highest BCUT2D eigenvalue weighted by Crippen LogP contribution is 2.23. The number of alkyl halides is 2. The van der Waals surface area contributed by atoms with E-state index in [-0.39, 0.29) is 10.9 Å². The first-order valence-electron chi connectivity index (χ1n) is 6.87. The number of halogens is 2. The number of benzene rings is 1. The zero-order chi connectivity index (χ0) is 17.0. The lowest BCUT2D eigenvalue weighted by Crippen LogP contribution is -2.26. The van der Waals surface area contributed by atoms with E-state index in [0.717, 1.165) is 0 Å². The SMILES string of the molecule is CN(C)[C@H](CNc1ccc(S(=O)(=O)C(F)F)cc1)c1ccsc1. The molecule has 126 valence electrons. The fraction of sp³-hybridized carbons (Fsp3) is 0.333. The summed E-state index contributed by atoms with van der Waals surface area (Å²) in [7, 11) is -0.593. The zero-order valence-corrected chi connectivity index (χ0v) is 14.4. The quantitative estimate of drug-likeness (QED) is 0.822. The zero-order valence-electron chi connectivity index (χ0n) is 12.7. The summed E-state index contributed by atoms with van der Waals surface area (Å²) in [5, 5.41) is 7.29. The first-order valence-corrected chi connectivity index (χ1v) is 9.36. The third-order valence-electron chi connectivity index (χ3n) is 3.47. The van der Waals surface area contributed by atoms with Crippen LogP contribution in [0.4, 0.5) is 14.5 Å². The van der Waals surface area contributed by atoms with E-state index < -0.39 is 15.6 Å². The molecule has 1 heterocycles. The molecule has 1 aromatic carbocycles. The third kappa shape index (κ3) is 4.27. The highest BCUT2D eigenvalue weighted by molar-refractivity contribution is 7.91. The molecule has 0 aliphatic carbocycles. The summed E-state index contributed by atoms with van der Waals surface area (Å²) >= 11 is 1.62. The van der Waals surface area contributed by atoms with Gasteiger partial charge in [0.25, 0.3) is 0 Å². The Hall–Kier alpha value is -1.51. The van der Waals surface area contributed by atoms with Gasteiger partial charge in [-0.15, -0.1) is 0 Å². The molecule has 0 saturated carbocycles. The first kappa shape index (κ1) is 17.8. The van der Waals surface area contributed by atoms with Gasteiger partial charge in [0.15, 0.2) is 0 Å². The summed E-state index contributed by atoms with van der Waals surface area (Å²) in [5.41, 5.74) is 1.87. The highest BCUT2D eigenvalue weighted by atomic mass is 32.2. The Morgan fingerprint density at radius 3 is 2.30 bits per heavy atom. The van der Waals surface area contributed by atoms with Crippen molar-refractivity contribution in [2.45, 2.75) is 16.7 Å². The largest absolute Gasteiger partial charge is 0.383 e. The summed E-state index contributed by atoms with van der Waals surface area (Å²) in [5.74, 6) is -3.40. The second kappa shape index (κ2) is 7.37. The first-order chi connectivity index (χ1) is 10.8. The minimum atomic E-state index is -4.54. The second-order valence-electron chi connectivity index (χ2n) is 5.25. The number of sulfone groups is 1. The molecular weight excluding hydrogens is 342 g/mol. The van der Waals surface area contributed by atoms with Crippen LogP contribution in [0.1, 0.15) is 11.6 Å². The molecule has 0 bridgehead atoms. The fourth-order valence-corrected chi connectivity index (χ4v) is 3.57. The normalized spacial score (nSPS) is 13.5. The van der Waals surface area contributed by atoms with Crippen LogP contribution in [0.5, 0.6) is 0 Å². The molecule has 1 N–H and O–H groups in total. The lowest BCUT2D eigenvalue weighted by Gasteiger charge is -2.24. The summed E-state index contributed by atoms with van der Waals surface area (Å²) in [6, 6.07) is 7.59. The Morgan fingerprint density at radius 2 is 1.83 bits per heavy atom. The minimum Gasteiger partial charge on any atom is -0.383 e. The van der Waals surface area contributed by atoms with Crippen molar-refractivity contribution in [3.63, 3.8) is 0 Å². The summed E-state index contributed by atoms with van der Waals surface area (Å²) < 4.78 is 47.7. The number of nitrogens with one attached hydrogen (secondary N) is 1. The van der Waals surface area contributed by atoms with Crippen molar-refractivity contribution in [2.24, 2.45) is 0 Å². The van der Waals surface area contributed by atoms with Crippen molar-refractivity contribution in [3.05, 3.63) is 46.7 Å². The molecule has 0 amide bonds. The molecule has 0 radical (unpaired) electrons. The van der Waals surface area contributed by atoms with Crippen LogP contribution < -0.4 is 5.32 Å². The Kier molecular flexibility index (Phi) is 5.72. The van der Waals surface area contributed by atoms with E-state index in [1.165, 1.54) is 29.8 Å². The standard InChI is InChI=1S/C15H18F2N2O2S2/c1-19(2)14(11-7-8-22-10-11)9-18-12-3-5-13(6-4-12)23(20,21)15(16)17/h3-8,10,14-15,18H,9H2,1-2H3/t14-/m1/s1.